The number of amides is 1. The first-order valence-corrected chi connectivity index (χ1v) is 8.18. The van der Waals surface area contributed by atoms with Crippen LogP contribution in [0.5, 0.6) is 0 Å². The minimum Gasteiger partial charge on any atom is -0.465 e. The molecule has 1 aromatic heterocycles. The molecule has 0 fully saturated rings. The maximum absolute atomic E-state index is 13.6. The van der Waals surface area contributed by atoms with Gasteiger partial charge in [-0.2, -0.15) is 17.6 Å². The van der Waals surface area contributed by atoms with Crippen molar-refractivity contribution in [1.29, 1.82) is 0 Å². The van der Waals surface area contributed by atoms with E-state index in [0.29, 0.717) is 41.0 Å². The standard InChI is InChI=1S/C14H12F7NO4S/c1-25-10(23)8-6-4-2-3-5-7(6)27-9(8)22-11(24)12(15,16)13(17,18)26-14(19,20)21/h2-5H2,1H3,(H,22,24). The highest BCUT2D eigenvalue weighted by atomic mass is 32.1. The third-order valence-electron chi connectivity index (χ3n) is 3.68. The fourth-order valence-electron chi connectivity index (χ4n) is 2.50. The lowest BCUT2D eigenvalue weighted by atomic mass is 9.95. The van der Waals surface area contributed by atoms with Crippen LogP contribution in [0.1, 0.15) is 33.6 Å². The fourth-order valence-corrected chi connectivity index (χ4v) is 3.77. The minimum absolute atomic E-state index is 0.276. The molecular weight excluding hydrogens is 411 g/mol. The number of methoxy groups -OCH3 is 1. The summed E-state index contributed by atoms with van der Waals surface area (Å²) in [4.78, 5) is 24.1. The Morgan fingerprint density at radius 1 is 1.04 bits per heavy atom. The van der Waals surface area contributed by atoms with E-state index in [-0.39, 0.29) is 5.56 Å². The van der Waals surface area contributed by atoms with Gasteiger partial charge in [0.2, 0.25) is 0 Å². The van der Waals surface area contributed by atoms with Crippen LogP contribution in [0, 0.1) is 0 Å². The van der Waals surface area contributed by atoms with Crippen LogP contribution in [0.3, 0.4) is 0 Å². The largest absolute Gasteiger partial charge is 0.527 e. The molecule has 1 aromatic rings. The van der Waals surface area contributed by atoms with E-state index in [1.807, 2.05) is 0 Å². The lowest BCUT2D eigenvalue weighted by Gasteiger charge is -2.25. The van der Waals surface area contributed by atoms with Gasteiger partial charge in [0, 0.05) is 4.88 Å². The number of alkyl halides is 7. The molecule has 0 atom stereocenters. The van der Waals surface area contributed by atoms with Crippen LogP contribution in [0.4, 0.5) is 35.7 Å². The Balaban J connectivity index is 2.34. The highest BCUT2D eigenvalue weighted by Gasteiger charge is 2.67. The van der Waals surface area contributed by atoms with Gasteiger partial charge < -0.3 is 10.1 Å². The summed E-state index contributed by atoms with van der Waals surface area (Å²) in [6.07, 6.45) is -10.0. The summed E-state index contributed by atoms with van der Waals surface area (Å²) >= 11 is 0.700. The maximum atomic E-state index is 13.6. The average molecular weight is 423 g/mol. The molecule has 5 nitrogen and oxygen atoms in total. The molecule has 1 heterocycles. The van der Waals surface area contributed by atoms with Crippen molar-refractivity contribution in [1.82, 2.24) is 0 Å². The first-order chi connectivity index (χ1) is 12.3. The highest BCUT2D eigenvalue weighted by Crippen LogP contribution is 2.43. The predicted octanol–water partition coefficient (Wildman–Crippen LogP) is 4.12. The van der Waals surface area contributed by atoms with Gasteiger partial charge in [0.05, 0.1) is 12.7 Å². The molecule has 1 N–H and O–H groups in total. The van der Waals surface area contributed by atoms with Crippen molar-refractivity contribution in [2.75, 3.05) is 12.4 Å². The van der Waals surface area contributed by atoms with Crippen molar-refractivity contribution in [2.24, 2.45) is 0 Å². The second kappa shape index (κ2) is 7.26. The van der Waals surface area contributed by atoms with Crippen molar-refractivity contribution < 1.29 is 49.8 Å². The van der Waals surface area contributed by atoms with Crippen molar-refractivity contribution in [3.05, 3.63) is 16.0 Å². The molecule has 0 saturated heterocycles. The number of hydrogen-bond donors (Lipinski definition) is 1. The topological polar surface area (TPSA) is 64.6 Å². The number of carbonyl (C=O) groups is 2. The fraction of sp³-hybridized carbons (Fsp3) is 0.571. The number of aryl methyl sites for hydroxylation is 1. The monoisotopic (exact) mass is 423 g/mol. The smallest absolute Gasteiger partial charge is 0.465 e. The third kappa shape index (κ3) is 4.34. The van der Waals surface area contributed by atoms with Crippen molar-refractivity contribution in [3.8, 4) is 0 Å². The zero-order valence-electron chi connectivity index (χ0n) is 13.5. The second-order valence-corrected chi connectivity index (χ2v) is 6.60. The average Bonchev–Trinajstić information content (AvgIpc) is 2.89. The van der Waals surface area contributed by atoms with E-state index in [2.05, 4.69) is 9.47 Å². The third-order valence-corrected chi connectivity index (χ3v) is 4.89. The molecule has 0 radical (unpaired) electrons. The number of anilines is 1. The lowest BCUT2D eigenvalue weighted by molar-refractivity contribution is -0.457. The predicted molar refractivity (Wildman–Crippen MR) is 78.0 cm³/mol. The van der Waals surface area contributed by atoms with Gasteiger partial charge in [-0.1, -0.05) is 0 Å². The van der Waals surface area contributed by atoms with Crippen LogP contribution < -0.4 is 5.32 Å². The van der Waals surface area contributed by atoms with Crippen LogP contribution in [-0.2, 0) is 27.1 Å². The number of thiophene rings is 1. The number of ether oxygens (including phenoxy) is 2. The molecule has 1 amide bonds. The zero-order chi connectivity index (χ0) is 20.6. The number of halogens is 7. The van der Waals surface area contributed by atoms with Crippen molar-refractivity contribution in [2.45, 2.75) is 44.1 Å². The number of nitrogens with one attached hydrogen (secondary N) is 1. The first kappa shape index (κ1) is 21.4. The molecule has 152 valence electrons. The molecular formula is C14H12F7NO4S. The normalized spacial score (nSPS) is 15.3. The quantitative estimate of drug-likeness (QED) is 0.572. The van der Waals surface area contributed by atoms with E-state index >= 15 is 0 Å². The summed E-state index contributed by atoms with van der Waals surface area (Å²) in [5.41, 5.74) is 0.149. The van der Waals surface area contributed by atoms with Gasteiger partial charge in [-0.15, -0.1) is 24.5 Å². The van der Waals surface area contributed by atoms with E-state index in [0.717, 1.165) is 13.5 Å². The van der Waals surface area contributed by atoms with Gasteiger partial charge in [0.1, 0.15) is 5.00 Å². The van der Waals surface area contributed by atoms with Gasteiger partial charge in [-0.25, -0.2) is 9.53 Å². The maximum Gasteiger partial charge on any atom is 0.527 e. The summed E-state index contributed by atoms with van der Waals surface area (Å²) in [5.74, 6) is -9.60. The molecule has 13 heteroatoms. The molecule has 0 saturated carbocycles. The molecule has 0 aromatic carbocycles. The van der Waals surface area contributed by atoms with Crippen LogP contribution in [0.25, 0.3) is 0 Å². The number of hydrogen-bond acceptors (Lipinski definition) is 5. The molecule has 1 aliphatic rings. The van der Waals surface area contributed by atoms with Crippen LogP contribution in [0.15, 0.2) is 0 Å². The molecule has 0 bridgehead atoms. The minimum atomic E-state index is -6.16. The van der Waals surface area contributed by atoms with E-state index in [1.54, 1.807) is 0 Å². The van der Waals surface area contributed by atoms with Gasteiger partial charge in [-0.3, -0.25) is 4.79 Å². The Morgan fingerprint density at radius 2 is 1.63 bits per heavy atom. The van der Waals surface area contributed by atoms with Gasteiger partial charge in [0.25, 0.3) is 0 Å². The molecule has 1 aliphatic carbocycles. The summed E-state index contributed by atoms with van der Waals surface area (Å²) in [7, 11) is 0.987. The first-order valence-electron chi connectivity index (χ1n) is 7.37. The number of carbonyl (C=O) groups excluding carboxylic acids is 2. The second-order valence-electron chi connectivity index (χ2n) is 5.50. The Bertz CT molecular complexity index is 745. The number of esters is 1. The number of fused-ring (bicyclic) bond motifs is 1. The molecule has 27 heavy (non-hydrogen) atoms. The van der Waals surface area contributed by atoms with Crippen LogP contribution in [0.2, 0.25) is 0 Å². The summed E-state index contributed by atoms with van der Waals surface area (Å²) in [6, 6.07) is 0. The van der Waals surface area contributed by atoms with E-state index in [9.17, 15) is 40.3 Å². The molecule has 0 unspecified atom stereocenters. The summed E-state index contributed by atoms with van der Waals surface area (Å²) in [5, 5.41) is 0.918. The summed E-state index contributed by atoms with van der Waals surface area (Å²) in [6.45, 7) is 0. The summed E-state index contributed by atoms with van der Waals surface area (Å²) < 4.78 is 95.9. The van der Waals surface area contributed by atoms with Gasteiger partial charge >= 0.3 is 30.3 Å². The number of rotatable bonds is 5. The van der Waals surface area contributed by atoms with E-state index in [4.69, 9.17) is 0 Å². The van der Waals surface area contributed by atoms with Gasteiger partial charge in [-0.05, 0) is 31.2 Å². The van der Waals surface area contributed by atoms with E-state index in [1.165, 1.54) is 5.32 Å². The van der Waals surface area contributed by atoms with Crippen LogP contribution in [-0.4, -0.2) is 37.4 Å². The highest BCUT2D eigenvalue weighted by molar-refractivity contribution is 7.17. The molecule has 0 spiro atoms. The Morgan fingerprint density at radius 3 is 2.19 bits per heavy atom. The SMILES string of the molecule is COC(=O)c1c(NC(=O)C(F)(F)C(F)(F)OC(F)(F)F)sc2c1CCCC2. The van der Waals surface area contributed by atoms with Crippen molar-refractivity contribution >= 4 is 28.2 Å². The Labute approximate surface area is 151 Å². The Hall–Kier alpha value is -1.89. The van der Waals surface area contributed by atoms with E-state index < -0.39 is 35.3 Å². The molecule has 2 rings (SSSR count). The van der Waals surface area contributed by atoms with Gasteiger partial charge in [0.15, 0.2) is 0 Å². The lowest BCUT2D eigenvalue weighted by Crippen LogP contribution is -2.53. The van der Waals surface area contributed by atoms with Crippen LogP contribution >= 0.6 is 11.3 Å². The Kier molecular flexibility index (Phi) is 5.76. The van der Waals surface area contributed by atoms with Crippen molar-refractivity contribution in [3.63, 3.8) is 0 Å². The molecule has 0 aliphatic heterocycles. The zero-order valence-corrected chi connectivity index (χ0v) is 14.3.